The van der Waals surface area contributed by atoms with E-state index in [0.717, 1.165) is 16.7 Å². The van der Waals surface area contributed by atoms with Crippen LogP contribution < -0.4 is 21.9 Å². The van der Waals surface area contributed by atoms with E-state index in [1.807, 2.05) is 24.3 Å². The molecule has 2 aliphatic heterocycles. The number of aromatic nitrogens is 3. The maximum atomic E-state index is 5.74. The number of hydrogen-bond donors (Lipinski definition) is 2. The lowest BCUT2D eigenvalue weighted by Gasteiger charge is -2.12. The van der Waals surface area contributed by atoms with Gasteiger partial charge in [0, 0.05) is 16.0 Å². The van der Waals surface area contributed by atoms with Gasteiger partial charge in [0.2, 0.25) is 11.9 Å². The van der Waals surface area contributed by atoms with Gasteiger partial charge in [-0.15, -0.1) is 0 Å². The summed E-state index contributed by atoms with van der Waals surface area (Å²) >= 11 is 7.21. The molecule has 0 aliphatic carbocycles. The fourth-order valence-corrected chi connectivity index (χ4v) is 8.71. The Labute approximate surface area is 247 Å². The third kappa shape index (κ3) is 4.79. The first-order valence-electron chi connectivity index (χ1n) is 12.4. The Morgan fingerprint density at radius 2 is 1.02 bits per heavy atom. The summed E-state index contributed by atoms with van der Waals surface area (Å²) in [6.07, 6.45) is 4.29. The summed E-state index contributed by atoms with van der Waals surface area (Å²) in [5, 5.41) is 16.5. The maximum absolute atomic E-state index is 5.74. The molecule has 0 amide bonds. The molecule has 0 unspecified atom stereocenters. The highest BCUT2D eigenvalue weighted by Crippen LogP contribution is 2.41. The smallest absolute Gasteiger partial charge is 0.225 e. The van der Waals surface area contributed by atoms with E-state index < -0.39 is 0 Å². The minimum Gasteiger partial charge on any atom is -0.368 e. The molecule has 3 heterocycles. The fourth-order valence-electron chi connectivity index (χ4n) is 4.86. The van der Waals surface area contributed by atoms with Crippen LogP contribution in [0.1, 0.15) is 11.1 Å². The Bertz CT molecular complexity index is 1990. The summed E-state index contributed by atoms with van der Waals surface area (Å²) in [7, 11) is 0. The summed E-state index contributed by atoms with van der Waals surface area (Å²) < 4.78 is 2.65. The van der Waals surface area contributed by atoms with Gasteiger partial charge in [-0.1, -0.05) is 120 Å². The number of thioether (sulfide) groups is 4. The van der Waals surface area contributed by atoms with Crippen molar-refractivity contribution < 1.29 is 0 Å². The van der Waals surface area contributed by atoms with Crippen LogP contribution in [0.15, 0.2) is 88.4 Å². The zero-order valence-corrected chi connectivity index (χ0v) is 24.2. The van der Waals surface area contributed by atoms with Crippen molar-refractivity contribution >= 4 is 101 Å². The molecule has 0 saturated carbocycles. The standard InChI is InChI=1S/C31H21N5S4/c32-30-34-27(35-31(33)36-30)20-10-7-18(8-11-20)5-6-19-9-12-23-24(17-19)26(29-39-15-16-40-29)22-4-2-1-3-21(22)25(23)28-37-13-14-38-28/h1-17H,(H4,32,33,34,35,36)/b6-5+. The van der Waals surface area contributed by atoms with Crippen molar-refractivity contribution in [2.45, 2.75) is 0 Å². The lowest BCUT2D eigenvalue weighted by molar-refractivity contribution is 1.09. The van der Waals surface area contributed by atoms with Gasteiger partial charge in [0.15, 0.2) is 5.82 Å². The quantitative estimate of drug-likeness (QED) is 0.167. The summed E-state index contributed by atoms with van der Waals surface area (Å²) in [6.45, 7) is 0. The zero-order chi connectivity index (χ0) is 27.1. The Morgan fingerprint density at radius 3 is 1.62 bits per heavy atom. The largest absolute Gasteiger partial charge is 0.368 e. The van der Waals surface area contributed by atoms with Crippen LogP contribution in [0.4, 0.5) is 11.9 Å². The molecule has 0 fully saturated rings. The molecular formula is C31H21N5S4. The minimum absolute atomic E-state index is 0.112. The van der Waals surface area contributed by atoms with Crippen molar-refractivity contribution in [3.63, 3.8) is 0 Å². The lowest BCUT2D eigenvalue weighted by atomic mass is 9.97. The van der Waals surface area contributed by atoms with Crippen molar-refractivity contribution in [1.29, 1.82) is 0 Å². The summed E-state index contributed by atoms with van der Waals surface area (Å²) in [6, 6.07) is 23.6. The van der Waals surface area contributed by atoms with Gasteiger partial charge in [-0.2, -0.15) is 15.0 Å². The molecule has 5 aromatic rings. The summed E-state index contributed by atoms with van der Waals surface area (Å²) in [5.74, 6) is 0.689. The van der Waals surface area contributed by atoms with Crippen LogP contribution in [0.5, 0.6) is 0 Å². The van der Waals surface area contributed by atoms with Crippen molar-refractivity contribution in [2.75, 3.05) is 11.5 Å². The van der Waals surface area contributed by atoms with Gasteiger partial charge in [-0.05, 0) is 60.4 Å². The summed E-state index contributed by atoms with van der Waals surface area (Å²) in [5.41, 5.74) is 14.5. The van der Waals surface area contributed by atoms with E-state index in [9.17, 15) is 0 Å². The first-order chi connectivity index (χ1) is 19.6. The fraction of sp³-hybridized carbons (Fsp3) is 0. The van der Waals surface area contributed by atoms with E-state index >= 15 is 0 Å². The molecule has 0 atom stereocenters. The first kappa shape index (κ1) is 25.3. The molecule has 5 nitrogen and oxygen atoms in total. The second-order valence-corrected chi connectivity index (χ2v) is 13.2. The first-order valence-corrected chi connectivity index (χ1v) is 15.9. The van der Waals surface area contributed by atoms with Gasteiger partial charge in [0.05, 0.1) is 8.47 Å². The number of hydrogen-bond acceptors (Lipinski definition) is 9. The zero-order valence-electron chi connectivity index (χ0n) is 20.9. The highest BCUT2D eigenvalue weighted by Gasteiger charge is 2.15. The Balaban J connectivity index is 1.35. The SMILES string of the molecule is Nc1nc(N)nc(-c2ccc(/C=C/c3ccc4c(=C5SC=CS5)c5ccccc5c(=C5SC=CS5)c4c3)cc2)n1. The molecular weight excluding hydrogens is 571 g/mol. The highest BCUT2D eigenvalue weighted by molar-refractivity contribution is 8.35. The van der Waals surface area contributed by atoms with E-state index in [0.29, 0.717) is 5.82 Å². The van der Waals surface area contributed by atoms with Gasteiger partial charge in [-0.3, -0.25) is 0 Å². The van der Waals surface area contributed by atoms with E-state index in [1.165, 1.54) is 40.5 Å². The van der Waals surface area contributed by atoms with E-state index in [1.54, 1.807) is 47.0 Å². The normalized spacial score (nSPS) is 14.9. The van der Waals surface area contributed by atoms with E-state index in [-0.39, 0.29) is 11.9 Å². The van der Waals surface area contributed by atoms with E-state index in [2.05, 4.69) is 91.2 Å². The molecule has 4 aromatic carbocycles. The number of nitrogens with zero attached hydrogens (tertiary/aromatic N) is 3. The second kappa shape index (κ2) is 10.7. The number of nitrogens with two attached hydrogens (primary N) is 2. The number of nitrogen functional groups attached to an aromatic ring is 2. The minimum atomic E-state index is 0.112. The molecule has 1 aromatic heterocycles. The highest BCUT2D eigenvalue weighted by atomic mass is 32.2. The number of rotatable bonds is 3. The Kier molecular flexibility index (Phi) is 6.81. The van der Waals surface area contributed by atoms with Crippen molar-refractivity contribution in [1.82, 2.24) is 15.0 Å². The molecule has 0 saturated heterocycles. The molecule has 2 aliphatic rings. The van der Waals surface area contributed by atoms with Crippen molar-refractivity contribution in [2.24, 2.45) is 0 Å². The van der Waals surface area contributed by atoms with Gasteiger partial charge >= 0.3 is 0 Å². The van der Waals surface area contributed by atoms with Crippen molar-refractivity contribution in [3.05, 3.63) is 110 Å². The molecule has 4 N–H and O–H groups in total. The van der Waals surface area contributed by atoms with Crippen LogP contribution in [0.25, 0.3) is 53.6 Å². The van der Waals surface area contributed by atoms with Gasteiger partial charge in [0.25, 0.3) is 0 Å². The third-order valence-corrected chi connectivity index (χ3v) is 10.8. The van der Waals surface area contributed by atoms with Gasteiger partial charge < -0.3 is 11.5 Å². The van der Waals surface area contributed by atoms with Crippen LogP contribution in [0.2, 0.25) is 0 Å². The Hall–Kier alpha value is -3.63. The second-order valence-electron chi connectivity index (χ2n) is 9.02. The number of anilines is 2. The summed E-state index contributed by atoms with van der Waals surface area (Å²) in [4.78, 5) is 12.2. The number of benzene rings is 4. The average Bonchev–Trinajstić information content (AvgIpc) is 3.70. The van der Waals surface area contributed by atoms with Crippen molar-refractivity contribution in [3.8, 4) is 11.4 Å². The Morgan fingerprint density at radius 1 is 0.525 bits per heavy atom. The third-order valence-electron chi connectivity index (χ3n) is 6.57. The molecule has 40 heavy (non-hydrogen) atoms. The molecule has 9 heteroatoms. The predicted octanol–water partition coefficient (Wildman–Crippen LogP) is 7.21. The topological polar surface area (TPSA) is 90.7 Å². The molecule has 7 rings (SSSR count). The molecule has 0 spiro atoms. The maximum Gasteiger partial charge on any atom is 0.225 e. The average molecular weight is 592 g/mol. The van der Waals surface area contributed by atoms with Crippen LogP contribution in [-0.4, -0.2) is 15.0 Å². The van der Waals surface area contributed by atoms with Crippen LogP contribution in [0.3, 0.4) is 0 Å². The van der Waals surface area contributed by atoms with Crippen LogP contribution >= 0.6 is 47.0 Å². The van der Waals surface area contributed by atoms with Gasteiger partial charge in [0.1, 0.15) is 0 Å². The number of fused-ring (bicyclic) bond motifs is 2. The van der Waals surface area contributed by atoms with Gasteiger partial charge in [-0.25, -0.2) is 0 Å². The van der Waals surface area contributed by atoms with E-state index in [4.69, 9.17) is 11.5 Å². The molecule has 194 valence electrons. The lowest BCUT2D eigenvalue weighted by Crippen LogP contribution is -2.16. The van der Waals surface area contributed by atoms with Crippen LogP contribution in [-0.2, 0) is 0 Å². The monoisotopic (exact) mass is 591 g/mol. The predicted molar refractivity (Wildman–Crippen MR) is 179 cm³/mol. The molecule has 0 bridgehead atoms. The molecule has 0 radical (unpaired) electrons. The van der Waals surface area contributed by atoms with Crippen LogP contribution in [0, 0.1) is 0 Å².